The molecule has 1 aromatic carbocycles. The molecular weight excluding hydrogens is 328 g/mol. The minimum Gasteiger partial charge on any atom is -0.488 e. The number of aliphatic hydroxyl groups is 1. The molecular formula is C20H28N4O2. The van der Waals surface area contributed by atoms with Gasteiger partial charge in [-0.3, -0.25) is 0 Å². The van der Waals surface area contributed by atoms with Gasteiger partial charge in [0.15, 0.2) is 0 Å². The van der Waals surface area contributed by atoms with E-state index in [0.29, 0.717) is 12.0 Å². The van der Waals surface area contributed by atoms with Crippen molar-refractivity contribution in [3.05, 3.63) is 24.4 Å². The summed E-state index contributed by atoms with van der Waals surface area (Å²) in [4.78, 5) is 11.6. The molecule has 0 radical (unpaired) electrons. The zero-order valence-corrected chi connectivity index (χ0v) is 15.4. The molecule has 1 aliphatic carbocycles. The topological polar surface area (TPSA) is 70.5 Å². The Balaban J connectivity index is 1.50. The van der Waals surface area contributed by atoms with E-state index in [9.17, 15) is 5.11 Å². The number of ether oxygens (including phenoxy) is 1. The first-order valence-electron chi connectivity index (χ1n) is 9.73. The van der Waals surface area contributed by atoms with Crippen molar-refractivity contribution in [3.8, 4) is 5.75 Å². The van der Waals surface area contributed by atoms with Gasteiger partial charge in [0.05, 0.1) is 6.10 Å². The molecule has 140 valence electrons. The van der Waals surface area contributed by atoms with E-state index >= 15 is 0 Å². The van der Waals surface area contributed by atoms with Crippen LogP contribution < -0.4 is 10.1 Å². The van der Waals surface area contributed by atoms with E-state index in [2.05, 4.69) is 22.2 Å². The minimum absolute atomic E-state index is 0.153. The third kappa shape index (κ3) is 4.07. The van der Waals surface area contributed by atoms with E-state index in [-0.39, 0.29) is 12.2 Å². The first kappa shape index (κ1) is 17.5. The van der Waals surface area contributed by atoms with Crippen LogP contribution >= 0.6 is 0 Å². The van der Waals surface area contributed by atoms with Crippen LogP contribution in [0.3, 0.4) is 0 Å². The van der Waals surface area contributed by atoms with Gasteiger partial charge in [-0.15, -0.1) is 0 Å². The highest BCUT2D eigenvalue weighted by Crippen LogP contribution is 2.28. The molecule has 0 unspecified atom stereocenters. The Bertz CT molecular complexity index is 738. The molecule has 0 bridgehead atoms. The monoisotopic (exact) mass is 356 g/mol. The van der Waals surface area contributed by atoms with E-state index in [4.69, 9.17) is 9.72 Å². The molecule has 2 heterocycles. The molecule has 2 aliphatic rings. The molecule has 0 atom stereocenters. The summed E-state index contributed by atoms with van der Waals surface area (Å²) >= 11 is 0. The number of aromatic nitrogens is 2. The molecule has 1 aliphatic heterocycles. The quantitative estimate of drug-likeness (QED) is 0.878. The minimum atomic E-state index is -0.153. The van der Waals surface area contributed by atoms with E-state index < -0.39 is 0 Å². The number of aliphatic hydroxyl groups excluding tert-OH is 1. The molecule has 4 rings (SSSR count). The molecule has 2 aromatic rings. The molecule has 2 N–H and O–H groups in total. The van der Waals surface area contributed by atoms with E-state index in [1.807, 2.05) is 24.4 Å². The molecule has 1 saturated carbocycles. The van der Waals surface area contributed by atoms with Crippen LogP contribution in [0.5, 0.6) is 5.75 Å². The van der Waals surface area contributed by atoms with Crippen molar-refractivity contribution in [1.29, 1.82) is 0 Å². The van der Waals surface area contributed by atoms with Crippen molar-refractivity contribution < 1.29 is 9.84 Å². The zero-order chi connectivity index (χ0) is 17.9. The van der Waals surface area contributed by atoms with Gasteiger partial charge >= 0.3 is 0 Å². The Morgan fingerprint density at radius 1 is 1.12 bits per heavy atom. The van der Waals surface area contributed by atoms with Crippen molar-refractivity contribution in [2.24, 2.45) is 0 Å². The Kier molecular flexibility index (Phi) is 5.22. The normalized spacial score (nSPS) is 25.3. The van der Waals surface area contributed by atoms with E-state index in [0.717, 1.165) is 68.3 Å². The van der Waals surface area contributed by atoms with Crippen LogP contribution in [-0.4, -0.2) is 58.4 Å². The lowest BCUT2D eigenvalue weighted by molar-refractivity contribution is 0.115. The lowest BCUT2D eigenvalue weighted by Gasteiger charge is -2.29. The number of hydrogen-bond acceptors (Lipinski definition) is 6. The number of piperidine rings is 1. The molecule has 2 fully saturated rings. The fraction of sp³-hybridized carbons (Fsp3) is 0.600. The maximum absolute atomic E-state index is 9.66. The van der Waals surface area contributed by atoms with Crippen LogP contribution in [0.2, 0.25) is 0 Å². The van der Waals surface area contributed by atoms with Crippen molar-refractivity contribution >= 4 is 16.9 Å². The van der Waals surface area contributed by atoms with Gasteiger partial charge in [-0.25, -0.2) is 9.97 Å². The Hall–Kier alpha value is -1.92. The molecule has 0 amide bonds. The van der Waals surface area contributed by atoms with Gasteiger partial charge in [0.25, 0.3) is 0 Å². The van der Waals surface area contributed by atoms with E-state index in [1.54, 1.807) is 0 Å². The summed E-state index contributed by atoms with van der Waals surface area (Å²) in [5, 5.41) is 14.1. The van der Waals surface area contributed by atoms with E-state index in [1.165, 1.54) is 0 Å². The number of nitrogens with one attached hydrogen (secondary N) is 1. The van der Waals surface area contributed by atoms with Gasteiger partial charge in [-0.05, 0) is 51.6 Å². The number of hydrogen-bond donors (Lipinski definition) is 2. The molecule has 26 heavy (non-hydrogen) atoms. The summed E-state index contributed by atoms with van der Waals surface area (Å²) in [6.45, 7) is 2.15. The van der Waals surface area contributed by atoms with Crippen LogP contribution in [0.15, 0.2) is 24.4 Å². The van der Waals surface area contributed by atoms with Gasteiger partial charge in [0, 0.05) is 30.7 Å². The van der Waals surface area contributed by atoms with Gasteiger partial charge in [0.1, 0.15) is 17.4 Å². The summed E-state index contributed by atoms with van der Waals surface area (Å²) < 4.78 is 6.30. The van der Waals surface area contributed by atoms with Gasteiger partial charge < -0.3 is 20.1 Å². The fourth-order valence-electron chi connectivity index (χ4n) is 3.88. The average Bonchev–Trinajstić information content (AvgIpc) is 2.66. The van der Waals surface area contributed by atoms with Crippen LogP contribution in [0.1, 0.15) is 38.5 Å². The highest BCUT2D eigenvalue weighted by atomic mass is 16.5. The molecule has 6 heteroatoms. The predicted molar refractivity (Wildman–Crippen MR) is 103 cm³/mol. The van der Waals surface area contributed by atoms with Crippen molar-refractivity contribution in [1.82, 2.24) is 14.9 Å². The summed E-state index contributed by atoms with van der Waals surface area (Å²) in [6.07, 6.45) is 7.66. The summed E-state index contributed by atoms with van der Waals surface area (Å²) in [7, 11) is 2.16. The van der Waals surface area contributed by atoms with Gasteiger partial charge in [-0.2, -0.15) is 0 Å². The number of nitrogens with zero attached hydrogens (tertiary/aromatic N) is 3. The summed E-state index contributed by atoms with van der Waals surface area (Å²) in [5.41, 5.74) is 0.875. The Morgan fingerprint density at radius 2 is 1.88 bits per heavy atom. The maximum atomic E-state index is 9.66. The second kappa shape index (κ2) is 7.76. The number of para-hydroxylation sites is 1. The summed E-state index contributed by atoms with van der Waals surface area (Å²) in [6, 6.07) is 6.37. The maximum Gasteiger partial charge on any atom is 0.223 e. The largest absolute Gasteiger partial charge is 0.488 e. The van der Waals surface area contributed by atoms with Crippen molar-refractivity contribution in [2.45, 2.75) is 56.8 Å². The molecule has 1 aromatic heterocycles. The second-order valence-electron chi connectivity index (χ2n) is 7.66. The molecule has 6 nitrogen and oxygen atoms in total. The third-order valence-corrected chi connectivity index (χ3v) is 5.56. The van der Waals surface area contributed by atoms with Crippen LogP contribution in [0, 0.1) is 0 Å². The van der Waals surface area contributed by atoms with Crippen LogP contribution in [-0.2, 0) is 0 Å². The van der Waals surface area contributed by atoms with Crippen LogP contribution in [0.4, 0.5) is 5.95 Å². The van der Waals surface area contributed by atoms with Crippen LogP contribution in [0.25, 0.3) is 10.9 Å². The SMILES string of the molecule is CN1CCC(Oc2cccc3cnc(NC4CCC(O)CC4)nc23)CC1. The predicted octanol–water partition coefficient (Wildman–Crippen LogP) is 2.82. The summed E-state index contributed by atoms with van der Waals surface area (Å²) in [5.74, 6) is 1.50. The lowest BCUT2D eigenvalue weighted by Crippen LogP contribution is -2.35. The number of rotatable bonds is 4. The highest BCUT2D eigenvalue weighted by Gasteiger charge is 2.21. The second-order valence-corrected chi connectivity index (χ2v) is 7.66. The highest BCUT2D eigenvalue weighted by molar-refractivity contribution is 5.84. The fourth-order valence-corrected chi connectivity index (χ4v) is 3.88. The Labute approximate surface area is 154 Å². The lowest BCUT2D eigenvalue weighted by atomic mass is 9.93. The number of likely N-dealkylation sites (tertiary alicyclic amines) is 1. The molecule has 1 saturated heterocycles. The van der Waals surface area contributed by atoms with Crippen molar-refractivity contribution in [3.63, 3.8) is 0 Å². The average molecular weight is 356 g/mol. The number of fused-ring (bicyclic) bond motifs is 1. The molecule has 0 spiro atoms. The number of anilines is 1. The van der Waals surface area contributed by atoms with Gasteiger partial charge in [0.2, 0.25) is 5.95 Å². The third-order valence-electron chi connectivity index (χ3n) is 5.56. The first-order valence-corrected chi connectivity index (χ1v) is 9.73. The number of benzene rings is 1. The van der Waals surface area contributed by atoms with Gasteiger partial charge in [-0.1, -0.05) is 12.1 Å². The standard InChI is InChI=1S/C20H28N4O2/c1-24-11-9-17(10-12-24)26-18-4-2-3-14-13-21-20(23-19(14)18)22-15-5-7-16(25)8-6-15/h2-4,13,15-17,25H,5-12H2,1H3,(H,21,22,23). The van der Waals surface area contributed by atoms with Crippen molar-refractivity contribution in [2.75, 3.05) is 25.5 Å². The smallest absolute Gasteiger partial charge is 0.223 e. The first-order chi connectivity index (χ1) is 12.7. The Morgan fingerprint density at radius 3 is 2.65 bits per heavy atom. The zero-order valence-electron chi connectivity index (χ0n) is 15.4.